The van der Waals surface area contributed by atoms with E-state index >= 15 is 0 Å². The number of rotatable bonds is 3. The van der Waals surface area contributed by atoms with Gasteiger partial charge in [0.25, 0.3) is 0 Å². The van der Waals surface area contributed by atoms with Crippen LogP contribution in [0.1, 0.15) is 0 Å². The minimum absolute atomic E-state index is 0.226. The number of hydrogen-bond acceptors (Lipinski definition) is 2. The highest BCUT2D eigenvalue weighted by Gasteiger charge is 2.13. The lowest BCUT2D eigenvalue weighted by Gasteiger charge is -2.11. The Kier molecular flexibility index (Phi) is 4.21. The van der Waals surface area contributed by atoms with Crippen LogP contribution in [0.15, 0.2) is 36.4 Å². The van der Waals surface area contributed by atoms with Crippen molar-refractivity contribution in [2.75, 3.05) is 6.61 Å². The van der Waals surface area contributed by atoms with E-state index in [2.05, 4.69) is 86.1 Å². The van der Waals surface area contributed by atoms with Crippen molar-refractivity contribution < 1.29 is 10.2 Å². The molecule has 3 nitrogen and oxygen atoms in total. The predicted octanol–water partition coefficient (Wildman–Crippen LogP) is 3.36. The Hall–Kier alpha value is -0.380. The highest BCUT2D eigenvalue weighted by molar-refractivity contribution is 14.1. The van der Waals surface area contributed by atoms with E-state index in [0.29, 0.717) is 6.54 Å². The summed E-state index contributed by atoms with van der Waals surface area (Å²) in [4.78, 5) is 0. The predicted molar refractivity (Wildman–Crippen MR) is 98.0 cm³/mol. The quantitative estimate of drug-likeness (QED) is 0.551. The molecule has 1 atom stereocenters. The molecule has 2 N–H and O–H groups in total. The minimum atomic E-state index is -0.743. The first-order chi connectivity index (χ1) is 9.60. The Bertz CT molecular complexity index is 723. The second-order valence-electron chi connectivity index (χ2n) is 4.77. The van der Waals surface area contributed by atoms with Crippen LogP contribution in [0.2, 0.25) is 0 Å². The molecule has 0 unspecified atom stereocenters. The molecule has 0 aliphatic carbocycles. The molecule has 0 aliphatic heterocycles. The maximum atomic E-state index is 9.78. The van der Waals surface area contributed by atoms with Gasteiger partial charge in [0.2, 0.25) is 0 Å². The molecular weight excluding hydrogens is 480 g/mol. The zero-order chi connectivity index (χ0) is 14.3. The third-order valence-corrected chi connectivity index (χ3v) is 4.74. The lowest BCUT2D eigenvalue weighted by atomic mass is 10.2. The van der Waals surface area contributed by atoms with E-state index in [1.54, 1.807) is 0 Å². The van der Waals surface area contributed by atoms with Crippen molar-refractivity contribution in [1.82, 2.24) is 4.57 Å². The van der Waals surface area contributed by atoms with Crippen molar-refractivity contribution >= 4 is 67.0 Å². The second kappa shape index (κ2) is 5.78. The van der Waals surface area contributed by atoms with Crippen molar-refractivity contribution in [3.8, 4) is 0 Å². The molecule has 0 aliphatic rings. The van der Waals surface area contributed by atoms with Crippen LogP contribution in [0.3, 0.4) is 0 Å². The van der Waals surface area contributed by atoms with E-state index in [-0.39, 0.29) is 6.61 Å². The number of aliphatic hydroxyl groups excluding tert-OH is 2. The molecule has 0 amide bonds. The van der Waals surface area contributed by atoms with Gasteiger partial charge >= 0.3 is 0 Å². The van der Waals surface area contributed by atoms with Crippen LogP contribution < -0.4 is 0 Å². The van der Waals surface area contributed by atoms with Gasteiger partial charge in [-0.1, -0.05) is 0 Å². The minimum Gasteiger partial charge on any atom is -0.394 e. The zero-order valence-corrected chi connectivity index (χ0v) is 14.9. The van der Waals surface area contributed by atoms with Crippen molar-refractivity contribution in [3.05, 3.63) is 43.5 Å². The molecule has 1 heterocycles. The van der Waals surface area contributed by atoms with Gasteiger partial charge < -0.3 is 14.8 Å². The van der Waals surface area contributed by atoms with Gasteiger partial charge in [0.1, 0.15) is 0 Å². The molecule has 1 aromatic heterocycles. The molecule has 3 rings (SSSR count). The van der Waals surface area contributed by atoms with Gasteiger partial charge in [0.15, 0.2) is 0 Å². The lowest BCUT2D eigenvalue weighted by molar-refractivity contribution is 0.0831. The number of hydrogen-bond donors (Lipinski definition) is 2. The molecule has 20 heavy (non-hydrogen) atoms. The maximum Gasteiger partial charge on any atom is 0.0949 e. The summed E-state index contributed by atoms with van der Waals surface area (Å²) in [6, 6.07) is 12.6. The Morgan fingerprint density at radius 3 is 1.90 bits per heavy atom. The van der Waals surface area contributed by atoms with Gasteiger partial charge in [-0.3, -0.25) is 0 Å². The highest BCUT2D eigenvalue weighted by atomic mass is 127. The first-order valence-corrected chi connectivity index (χ1v) is 8.42. The van der Waals surface area contributed by atoms with Crippen LogP contribution in [-0.2, 0) is 6.54 Å². The van der Waals surface area contributed by atoms with Gasteiger partial charge in [0, 0.05) is 28.9 Å². The number of aliphatic hydroxyl groups is 2. The molecule has 104 valence electrons. The summed E-state index contributed by atoms with van der Waals surface area (Å²) in [5, 5.41) is 21.3. The van der Waals surface area contributed by atoms with Crippen LogP contribution in [0, 0.1) is 7.14 Å². The van der Waals surface area contributed by atoms with Crippen molar-refractivity contribution in [2.24, 2.45) is 0 Å². The van der Waals surface area contributed by atoms with Gasteiger partial charge in [-0.25, -0.2) is 0 Å². The maximum absolute atomic E-state index is 9.78. The van der Waals surface area contributed by atoms with E-state index in [0.717, 1.165) is 11.0 Å². The van der Waals surface area contributed by atoms with Gasteiger partial charge in [-0.05, 0) is 81.6 Å². The SMILES string of the molecule is OC[C@H](O)Cn1c2ccc(I)cc2c2cc(I)ccc21. The Labute approximate surface area is 143 Å². The normalized spacial score (nSPS) is 13.2. The topological polar surface area (TPSA) is 45.4 Å². The van der Waals surface area contributed by atoms with Crippen LogP contribution >= 0.6 is 45.2 Å². The molecular formula is C15H13I2NO2. The zero-order valence-electron chi connectivity index (χ0n) is 10.6. The van der Waals surface area contributed by atoms with E-state index in [9.17, 15) is 5.11 Å². The lowest BCUT2D eigenvalue weighted by Crippen LogP contribution is -2.19. The Morgan fingerprint density at radius 2 is 1.45 bits per heavy atom. The van der Waals surface area contributed by atoms with Crippen LogP contribution in [0.25, 0.3) is 21.8 Å². The fourth-order valence-corrected chi connectivity index (χ4v) is 3.50. The Balaban J connectivity index is 2.34. The summed E-state index contributed by atoms with van der Waals surface area (Å²) in [7, 11) is 0. The van der Waals surface area contributed by atoms with Crippen LogP contribution in [0.4, 0.5) is 0 Å². The molecule has 0 spiro atoms. The molecule has 2 aromatic carbocycles. The molecule has 0 saturated carbocycles. The monoisotopic (exact) mass is 493 g/mol. The van der Waals surface area contributed by atoms with Gasteiger partial charge in [-0.15, -0.1) is 0 Å². The van der Waals surface area contributed by atoms with E-state index in [4.69, 9.17) is 5.11 Å². The van der Waals surface area contributed by atoms with Crippen molar-refractivity contribution in [2.45, 2.75) is 12.6 Å². The van der Waals surface area contributed by atoms with E-state index < -0.39 is 6.10 Å². The number of nitrogens with zero attached hydrogens (tertiary/aromatic N) is 1. The summed E-state index contributed by atoms with van der Waals surface area (Å²) in [5.41, 5.74) is 2.19. The summed E-state index contributed by atoms with van der Waals surface area (Å²) < 4.78 is 4.46. The fraction of sp³-hybridized carbons (Fsp3) is 0.200. The first kappa shape index (κ1) is 14.6. The molecule has 0 radical (unpaired) electrons. The number of aromatic nitrogens is 1. The number of benzene rings is 2. The van der Waals surface area contributed by atoms with E-state index in [1.807, 2.05) is 0 Å². The van der Waals surface area contributed by atoms with Gasteiger partial charge in [-0.2, -0.15) is 0 Å². The first-order valence-electron chi connectivity index (χ1n) is 6.26. The fourth-order valence-electron chi connectivity index (χ4n) is 2.51. The molecule has 0 bridgehead atoms. The largest absolute Gasteiger partial charge is 0.394 e. The second-order valence-corrected chi connectivity index (χ2v) is 7.26. The van der Waals surface area contributed by atoms with Crippen molar-refractivity contribution in [3.63, 3.8) is 0 Å². The third-order valence-electron chi connectivity index (χ3n) is 3.39. The molecule has 5 heteroatoms. The third kappa shape index (κ3) is 2.56. The summed E-state index contributed by atoms with van der Waals surface area (Å²) in [6.45, 7) is 0.174. The van der Waals surface area contributed by atoms with Crippen molar-refractivity contribution in [1.29, 1.82) is 0 Å². The standard InChI is InChI=1S/C15H13I2NO2/c16-9-1-3-14-12(5-9)13-6-10(17)2-4-15(13)18(14)7-11(20)8-19/h1-6,11,19-20H,7-8H2/t11-/m1/s1. The van der Waals surface area contributed by atoms with Crippen LogP contribution in [0.5, 0.6) is 0 Å². The highest BCUT2D eigenvalue weighted by Crippen LogP contribution is 2.31. The molecule has 0 fully saturated rings. The average molecular weight is 493 g/mol. The summed E-state index contributed by atoms with van der Waals surface area (Å²) in [6.07, 6.45) is -0.743. The van der Waals surface area contributed by atoms with Crippen LogP contribution in [-0.4, -0.2) is 27.5 Å². The summed E-state index contributed by atoms with van der Waals surface area (Å²) in [5.74, 6) is 0. The smallest absolute Gasteiger partial charge is 0.0949 e. The van der Waals surface area contributed by atoms with E-state index in [1.165, 1.54) is 17.9 Å². The Morgan fingerprint density at radius 1 is 0.950 bits per heavy atom. The van der Waals surface area contributed by atoms with Gasteiger partial charge in [0.05, 0.1) is 19.3 Å². The summed E-state index contributed by atoms with van der Waals surface area (Å²) >= 11 is 4.62. The average Bonchev–Trinajstić information content (AvgIpc) is 2.72. The molecule has 3 aromatic rings. The number of fused-ring (bicyclic) bond motifs is 3. The molecule has 0 saturated heterocycles. The number of halogens is 2.